The fourth-order valence-electron chi connectivity index (χ4n) is 2.76. The van der Waals surface area contributed by atoms with Gasteiger partial charge in [0.1, 0.15) is 5.75 Å². The lowest BCUT2D eigenvalue weighted by molar-refractivity contribution is -0.0498. The van der Waals surface area contributed by atoms with E-state index in [-0.39, 0.29) is 11.8 Å². The summed E-state index contributed by atoms with van der Waals surface area (Å²) in [6, 6.07) is 24.7. The van der Waals surface area contributed by atoms with E-state index in [0.29, 0.717) is 10.8 Å². The average Bonchev–Trinajstić information content (AvgIpc) is 2.70. The smallest absolute Gasteiger partial charge is 0.387 e. The Morgan fingerprint density at radius 1 is 0.857 bits per heavy atom. The summed E-state index contributed by atoms with van der Waals surface area (Å²) in [7, 11) is 0. The molecule has 0 saturated heterocycles. The molecule has 0 aliphatic heterocycles. The van der Waals surface area contributed by atoms with Gasteiger partial charge in [-0.2, -0.15) is 8.78 Å². The second-order valence-electron chi connectivity index (χ2n) is 6.21. The third kappa shape index (κ3) is 5.50. The zero-order valence-corrected chi connectivity index (χ0v) is 16.0. The van der Waals surface area contributed by atoms with Crippen LogP contribution >= 0.6 is 12.2 Å². The molecule has 28 heavy (non-hydrogen) atoms. The van der Waals surface area contributed by atoms with E-state index in [9.17, 15) is 8.78 Å². The van der Waals surface area contributed by atoms with Gasteiger partial charge in [0.25, 0.3) is 0 Å². The van der Waals surface area contributed by atoms with E-state index in [4.69, 9.17) is 12.2 Å². The van der Waals surface area contributed by atoms with Gasteiger partial charge in [0.15, 0.2) is 5.11 Å². The second-order valence-corrected chi connectivity index (χ2v) is 6.62. The SMILES string of the molecule is C[C@@H](NC(=S)Nc1ccc(OC(F)F)cc1)c1ccc(-c2ccccc2)cc1. The molecule has 0 bridgehead atoms. The number of nitrogens with one attached hydrogen (secondary N) is 2. The molecular weight excluding hydrogens is 378 g/mol. The van der Waals surface area contributed by atoms with Crippen molar-refractivity contribution in [2.75, 3.05) is 5.32 Å². The van der Waals surface area contributed by atoms with E-state index in [0.717, 1.165) is 11.1 Å². The monoisotopic (exact) mass is 398 g/mol. The van der Waals surface area contributed by atoms with E-state index >= 15 is 0 Å². The normalized spacial score (nSPS) is 11.7. The van der Waals surface area contributed by atoms with Gasteiger partial charge < -0.3 is 15.4 Å². The minimum atomic E-state index is -2.84. The Morgan fingerprint density at radius 2 is 1.46 bits per heavy atom. The van der Waals surface area contributed by atoms with Crippen molar-refractivity contribution in [1.82, 2.24) is 5.32 Å². The molecule has 0 heterocycles. The zero-order valence-electron chi connectivity index (χ0n) is 15.2. The Kier molecular flexibility index (Phi) is 6.55. The van der Waals surface area contributed by atoms with Gasteiger partial charge >= 0.3 is 6.61 Å². The maximum atomic E-state index is 12.2. The topological polar surface area (TPSA) is 33.3 Å². The molecule has 0 unspecified atom stereocenters. The summed E-state index contributed by atoms with van der Waals surface area (Å²) in [5.74, 6) is 0.103. The number of thiocarbonyl (C=S) groups is 1. The Bertz CT molecular complexity index is 900. The number of hydrogen-bond donors (Lipinski definition) is 2. The largest absolute Gasteiger partial charge is 0.435 e. The van der Waals surface area contributed by atoms with Crippen LogP contribution < -0.4 is 15.4 Å². The Balaban J connectivity index is 1.56. The van der Waals surface area contributed by atoms with Crippen molar-refractivity contribution < 1.29 is 13.5 Å². The van der Waals surface area contributed by atoms with Crippen LogP contribution in [0.15, 0.2) is 78.9 Å². The fourth-order valence-corrected chi connectivity index (χ4v) is 3.06. The van der Waals surface area contributed by atoms with Gasteiger partial charge in [-0.25, -0.2) is 0 Å². The van der Waals surface area contributed by atoms with Crippen molar-refractivity contribution in [2.45, 2.75) is 19.6 Å². The minimum Gasteiger partial charge on any atom is -0.435 e. The molecule has 2 N–H and O–H groups in total. The van der Waals surface area contributed by atoms with E-state index in [2.05, 4.69) is 51.8 Å². The van der Waals surface area contributed by atoms with Crippen LogP contribution in [-0.4, -0.2) is 11.7 Å². The lowest BCUT2D eigenvalue weighted by Gasteiger charge is -2.18. The van der Waals surface area contributed by atoms with E-state index in [1.807, 2.05) is 25.1 Å². The van der Waals surface area contributed by atoms with Crippen molar-refractivity contribution >= 4 is 23.0 Å². The van der Waals surface area contributed by atoms with Crippen molar-refractivity contribution in [1.29, 1.82) is 0 Å². The molecule has 0 spiro atoms. The van der Waals surface area contributed by atoms with Crippen molar-refractivity contribution in [2.24, 2.45) is 0 Å². The number of anilines is 1. The molecule has 0 saturated carbocycles. The van der Waals surface area contributed by atoms with Gasteiger partial charge in [0, 0.05) is 5.69 Å². The first-order valence-corrected chi connectivity index (χ1v) is 9.20. The molecule has 1 atom stereocenters. The molecular formula is C22H20F2N2OS. The van der Waals surface area contributed by atoms with Crippen LogP contribution in [0.4, 0.5) is 14.5 Å². The minimum absolute atomic E-state index is 0.00580. The quantitative estimate of drug-likeness (QED) is 0.499. The highest BCUT2D eigenvalue weighted by Gasteiger charge is 2.09. The van der Waals surface area contributed by atoms with Crippen LogP contribution in [0.3, 0.4) is 0 Å². The van der Waals surface area contributed by atoms with Crippen molar-refractivity contribution in [3.63, 3.8) is 0 Å². The van der Waals surface area contributed by atoms with E-state index < -0.39 is 6.61 Å². The van der Waals surface area contributed by atoms with Crippen LogP contribution in [0.1, 0.15) is 18.5 Å². The van der Waals surface area contributed by atoms with Gasteiger partial charge in [0.2, 0.25) is 0 Å². The Morgan fingerprint density at radius 3 is 2.07 bits per heavy atom. The number of hydrogen-bond acceptors (Lipinski definition) is 2. The molecule has 3 aromatic carbocycles. The van der Waals surface area contributed by atoms with Gasteiger partial charge in [0.05, 0.1) is 6.04 Å². The van der Waals surface area contributed by atoms with Crippen LogP contribution in [0.2, 0.25) is 0 Å². The first-order valence-electron chi connectivity index (χ1n) is 8.79. The predicted molar refractivity (Wildman–Crippen MR) is 113 cm³/mol. The van der Waals surface area contributed by atoms with Gasteiger partial charge in [-0.15, -0.1) is 0 Å². The number of benzene rings is 3. The molecule has 0 aliphatic carbocycles. The van der Waals surface area contributed by atoms with E-state index in [1.54, 1.807) is 12.1 Å². The van der Waals surface area contributed by atoms with Gasteiger partial charge in [-0.05, 0) is 60.1 Å². The van der Waals surface area contributed by atoms with Gasteiger partial charge in [-0.1, -0.05) is 54.6 Å². The Hall–Kier alpha value is -2.99. The molecule has 6 heteroatoms. The first-order chi connectivity index (χ1) is 13.5. The maximum absolute atomic E-state index is 12.2. The molecule has 0 amide bonds. The maximum Gasteiger partial charge on any atom is 0.387 e. The van der Waals surface area contributed by atoms with E-state index in [1.165, 1.54) is 17.7 Å². The number of alkyl halides is 2. The lowest BCUT2D eigenvalue weighted by Crippen LogP contribution is -2.30. The lowest BCUT2D eigenvalue weighted by atomic mass is 10.0. The summed E-state index contributed by atoms with van der Waals surface area (Å²) >= 11 is 5.34. The molecule has 0 fully saturated rings. The highest BCUT2D eigenvalue weighted by atomic mass is 32.1. The highest BCUT2D eigenvalue weighted by Crippen LogP contribution is 2.22. The second kappa shape index (κ2) is 9.28. The predicted octanol–water partition coefficient (Wildman–Crippen LogP) is 6.00. The summed E-state index contributed by atoms with van der Waals surface area (Å²) < 4.78 is 28.7. The van der Waals surface area contributed by atoms with Crippen LogP contribution in [-0.2, 0) is 0 Å². The number of ether oxygens (including phenoxy) is 1. The molecule has 3 nitrogen and oxygen atoms in total. The van der Waals surface area contributed by atoms with Gasteiger partial charge in [-0.3, -0.25) is 0 Å². The number of rotatable bonds is 6. The van der Waals surface area contributed by atoms with Crippen LogP contribution in [0, 0.1) is 0 Å². The van der Waals surface area contributed by atoms with Crippen LogP contribution in [0.25, 0.3) is 11.1 Å². The molecule has 3 aromatic rings. The van der Waals surface area contributed by atoms with Crippen LogP contribution in [0.5, 0.6) is 5.75 Å². The molecule has 0 aromatic heterocycles. The molecule has 0 aliphatic rings. The third-order valence-electron chi connectivity index (χ3n) is 4.20. The van der Waals surface area contributed by atoms with Crippen molar-refractivity contribution in [3.8, 4) is 16.9 Å². The highest BCUT2D eigenvalue weighted by molar-refractivity contribution is 7.80. The standard InChI is InChI=1S/C22H20F2N2OS/c1-15(16-7-9-18(10-8-16)17-5-3-2-4-6-17)25-22(28)26-19-11-13-20(14-12-19)27-21(23)24/h2-15,21H,1H3,(H2,25,26,28)/t15-/m1/s1. The summed E-state index contributed by atoms with van der Waals surface area (Å²) in [6.07, 6.45) is 0. The molecule has 0 radical (unpaired) electrons. The fraction of sp³-hybridized carbons (Fsp3) is 0.136. The molecule has 144 valence electrons. The molecule has 3 rings (SSSR count). The third-order valence-corrected chi connectivity index (χ3v) is 4.42. The first kappa shape index (κ1) is 19.8. The summed E-state index contributed by atoms with van der Waals surface area (Å²) in [5, 5.41) is 6.70. The summed E-state index contributed by atoms with van der Waals surface area (Å²) in [5.41, 5.74) is 4.12. The average molecular weight is 398 g/mol. The summed E-state index contributed by atoms with van der Waals surface area (Å²) in [4.78, 5) is 0. The Labute approximate surface area is 168 Å². The van der Waals surface area contributed by atoms with Crippen molar-refractivity contribution in [3.05, 3.63) is 84.4 Å². The number of halogens is 2. The summed E-state index contributed by atoms with van der Waals surface area (Å²) in [6.45, 7) is -0.818. The zero-order chi connectivity index (χ0) is 19.9.